The molecule has 24 heavy (non-hydrogen) atoms. The third-order valence-corrected chi connectivity index (χ3v) is 6.54. The van der Waals surface area contributed by atoms with E-state index in [-0.39, 0.29) is 11.9 Å². The topological polar surface area (TPSA) is 52.6 Å². The van der Waals surface area contributed by atoms with Gasteiger partial charge < -0.3 is 9.47 Å². The molecule has 3 saturated carbocycles. The number of hydrogen-bond donors (Lipinski definition) is 0. The smallest absolute Gasteiger partial charge is 0.330 e. The summed E-state index contributed by atoms with van der Waals surface area (Å²) in [6, 6.07) is 0. The Hall–Kier alpha value is -1.58. The van der Waals surface area contributed by atoms with Gasteiger partial charge >= 0.3 is 11.9 Å². The van der Waals surface area contributed by atoms with Crippen molar-refractivity contribution in [3.05, 3.63) is 25.3 Å². The summed E-state index contributed by atoms with van der Waals surface area (Å²) in [6.45, 7) is 7.90. The minimum absolute atomic E-state index is 0.314. The van der Waals surface area contributed by atoms with Gasteiger partial charge in [-0.15, -0.1) is 0 Å². The van der Waals surface area contributed by atoms with Crippen molar-refractivity contribution in [1.82, 2.24) is 0 Å². The summed E-state index contributed by atoms with van der Waals surface area (Å²) >= 11 is 0. The molecule has 0 N–H and O–H groups in total. The zero-order valence-electron chi connectivity index (χ0n) is 14.3. The molecule has 6 atom stereocenters. The summed E-state index contributed by atoms with van der Waals surface area (Å²) < 4.78 is 10.3. The number of esters is 2. The molecule has 3 aliphatic rings. The Balaban J connectivity index is 1.43. The molecule has 0 radical (unpaired) electrons. The lowest BCUT2D eigenvalue weighted by molar-refractivity contribution is -0.139. The molecule has 0 aromatic carbocycles. The van der Waals surface area contributed by atoms with Crippen LogP contribution in [0.15, 0.2) is 25.3 Å². The van der Waals surface area contributed by atoms with E-state index in [2.05, 4.69) is 13.2 Å². The number of carbonyl (C=O) groups excluding carboxylic acids is 2. The Morgan fingerprint density at radius 1 is 0.833 bits per heavy atom. The molecule has 3 aliphatic carbocycles. The molecule has 2 bridgehead atoms. The third kappa shape index (κ3) is 3.57. The zero-order valence-corrected chi connectivity index (χ0v) is 14.3. The molecule has 0 aromatic rings. The second-order valence-electron chi connectivity index (χ2n) is 7.64. The fraction of sp³-hybridized carbons (Fsp3) is 0.700. The van der Waals surface area contributed by atoms with E-state index in [0.717, 1.165) is 36.5 Å². The van der Waals surface area contributed by atoms with Gasteiger partial charge in [0.2, 0.25) is 0 Å². The van der Waals surface area contributed by atoms with E-state index in [1.165, 1.54) is 37.8 Å². The van der Waals surface area contributed by atoms with Crippen LogP contribution in [0.1, 0.15) is 38.5 Å². The average Bonchev–Trinajstić information content (AvgIpc) is 3.25. The first-order valence-electron chi connectivity index (χ1n) is 9.20. The Bertz CT molecular complexity index is 512. The van der Waals surface area contributed by atoms with E-state index in [1.54, 1.807) is 0 Å². The second-order valence-corrected chi connectivity index (χ2v) is 7.64. The van der Waals surface area contributed by atoms with Gasteiger partial charge in [-0.1, -0.05) is 13.2 Å². The first-order chi connectivity index (χ1) is 11.6. The molecule has 4 nitrogen and oxygen atoms in total. The van der Waals surface area contributed by atoms with Crippen LogP contribution in [0.4, 0.5) is 0 Å². The van der Waals surface area contributed by atoms with Gasteiger partial charge in [-0.2, -0.15) is 0 Å². The van der Waals surface area contributed by atoms with Gasteiger partial charge in [-0.05, 0) is 74.0 Å². The van der Waals surface area contributed by atoms with Gasteiger partial charge in [0.1, 0.15) is 0 Å². The lowest BCUT2D eigenvalue weighted by Gasteiger charge is -2.31. The van der Waals surface area contributed by atoms with E-state index in [1.807, 2.05) is 0 Å². The standard InChI is InChI=1S/C20H28O4/c1-3-19(21)23-7-5-13-9-16-15-11-14(6-8-24-20(22)4-2)17(12-15)18(16)10-13/h3-4,13-18H,1-2,5-12H2/t13-,14?,15?,16?,17?,18?/m1/s1. The fourth-order valence-corrected chi connectivity index (χ4v) is 5.65. The van der Waals surface area contributed by atoms with Crippen molar-refractivity contribution in [1.29, 1.82) is 0 Å². The van der Waals surface area contributed by atoms with Crippen LogP contribution in [0.3, 0.4) is 0 Å². The van der Waals surface area contributed by atoms with Crippen LogP contribution in [-0.4, -0.2) is 25.2 Å². The van der Waals surface area contributed by atoms with Crippen LogP contribution >= 0.6 is 0 Å². The maximum absolute atomic E-state index is 11.2. The van der Waals surface area contributed by atoms with Gasteiger partial charge in [-0.3, -0.25) is 0 Å². The summed E-state index contributed by atoms with van der Waals surface area (Å²) in [7, 11) is 0. The number of fused-ring (bicyclic) bond motifs is 5. The van der Waals surface area contributed by atoms with E-state index in [4.69, 9.17) is 9.47 Å². The van der Waals surface area contributed by atoms with Crippen molar-refractivity contribution in [3.63, 3.8) is 0 Å². The van der Waals surface area contributed by atoms with Crippen LogP contribution in [0.25, 0.3) is 0 Å². The molecule has 0 spiro atoms. The summed E-state index contributed by atoms with van der Waals surface area (Å²) in [4.78, 5) is 22.3. The number of ether oxygens (including phenoxy) is 2. The van der Waals surface area contributed by atoms with Gasteiger partial charge in [0.05, 0.1) is 13.2 Å². The van der Waals surface area contributed by atoms with Crippen molar-refractivity contribution < 1.29 is 19.1 Å². The summed E-state index contributed by atoms with van der Waals surface area (Å²) in [5.41, 5.74) is 0. The maximum atomic E-state index is 11.2. The Labute approximate surface area is 144 Å². The molecule has 0 saturated heterocycles. The quantitative estimate of drug-likeness (QED) is 0.504. The van der Waals surface area contributed by atoms with Crippen molar-refractivity contribution in [2.75, 3.05) is 13.2 Å². The largest absolute Gasteiger partial charge is 0.463 e. The molecule has 4 heteroatoms. The van der Waals surface area contributed by atoms with Gasteiger partial charge in [-0.25, -0.2) is 9.59 Å². The predicted octanol–water partition coefficient (Wildman–Crippen LogP) is 3.52. The highest BCUT2D eigenvalue weighted by Gasteiger charge is 2.55. The predicted molar refractivity (Wildman–Crippen MR) is 91.0 cm³/mol. The molecule has 0 heterocycles. The molecule has 3 rings (SSSR count). The van der Waals surface area contributed by atoms with Crippen LogP contribution in [0, 0.1) is 35.5 Å². The van der Waals surface area contributed by atoms with Crippen LogP contribution in [-0.2, 0) is 19.1 Å². The lowest BCUT2D eigenvalue weighted by atomic mass is 9.75. The Morgan fingerprint density at radius 2 is 1.46 bits per heavy atom. The Morgan fingerprint density at radius 3 is 2.12 bits per heavy atom. The highest BCUT2D eigenvalue weighted by atomic mass is 16.5. The monoisotopic (exact) mass is 332 g/mol. The summed E-state index contributed by atoms with van der Waals surface area (Å²) in [5, 5.41) is 0. The zero-order chi connectivity index (χ0) is 17.1. The highest BCUT2D eigenvalue weighted by molar-refractivity contribution is 5.81. The van der Waals surface area contributed by atoms with Crippen LogP contribution < -0.4 is 0 Å². The molecule has 5 unspecified atom stereocenters. The summed E-state index contributed by atoms with van der Waals surface area (Å²) in [6.07, 6.45) is 9.68. The first-order valence-corrected chi connectivity index (χ1v) is 9.20. The molecular weight excluding hydrogens is 304 g/mol. The van der Waals surface area contributed by atoms with Crippen molar-refractivity contribution >= 4 is 11.9 Å². The average molecular weight is 332 g/mol. The fourth-order valence-electron chi connectivity index (χ4n) is 5.65. The van der Waals surface area contributed by atoms with Crippen molar-refractivity contribution in [3.8, 4) is 0 Å². The molecule has 3 fully saturated rings. The molecule has 0 amide bonds. The van der Waals surface area contributed by atoms with Crippen LogP contribution in [0.2, 0.25) is 0 Å². The minimum atomic E-state index is -0.317. The number of carbonyl (C=O) groups is 2. The van der Waals surface area contributed by atoms with E-state index < -0.39 is 0 Å². The lowest BCUT2D eigenvalue weighted by Crippen LogP contribution is -2.25. The SMILES string of the molecule is C=CC(=O)OCCC1CC2CC1C1C[C@H](CCOC(=O)C=C)CC21. The Kier molecular flexibility index (Phi) is 5.42. The third-order valence-electron chi connectivity index (χ3n) is 6.54. The van der Waals surface area contributed by atoms with Crippen molar-refractivity contribution in [2.45, 2.75) is 38.5 Å². The van der Waals surface area contributed by atoms with Crippen LogP contribution in [0.5, 0.6) is 0 Å². The van der Waals surface area contributed by atoms with E-state index in [9.17, 15) is 9.59 Å². The molecule has 0 aliphatic heterocycles. The minimum Gasteiger partial charge on any atom is -0.463 e. The molecule has 132 valence electrons. The number of rotatable bonds is 8. The van der Waals surface area contributed by atoms with Gasteiger partial charge in [0, 0.05) is 12.2 Å². The highest BCUT2D eigenvalue weighted by Crippen LogP contribution is 2.63. The molecular formula is C20H28O4. The number of hydrogen-bond acceptors (Lipinski definition) is 4. The van der Waals surface area contributed by atoms with Crippen molar-refractivity contribution in [2.24, 2.45) is 35.5 Å². The molecule has 0 aromatic heterocycles. The maximum Gasteiger partial charge on any atom is 0.330 e. The summed E-state index contributed by atoms with van der Waals surface area (Å²) in [5.74, 6) is 4.16. The van der Waals surface area contributed by atoms with Gasteiger partial charge in [0.15, 0.2) is 0 Å². The normalized spacial score (nSPS) is 36.2. The van der Waals surface area contributed by atoms with E-state index in [0.29, 0.717) is 25.0 Å². The van der Waals surface area contributed by atoms with E-state index >= 15 is 0 Å². The first kappa shape index (κ1) is 17.2. The van der Waals surface area contributed by atoms with Gasteiger partial charge in [0.25, 0.3) is 0 Å². The second kappa shape index (κ2) is 7.54.